The van der Waals surface area contributed by atoms with Gasteiger partial charge in [0.2, 0.25) is 5.95 Å². The third kappa shape index (κ3) is 5.71. The Morgan fingerprint density at radius 1 is 1.47 bits per heavy atom. The van der Waals surface area contributed by atoms with Gasteiger partial charge in [-0.1, -0.05) is 0 Å². The van der Waals surface area contributed by atoms with Crippen LogP contribution in [-0.2, 0) is 4.74 Å². The molecule has 7 heteroatoms. The fraction of sp³-hybridized carbons (Fsp3) is 0.667. The molecule has 1 unspecified atom stereocenters. The second kappa shape index (κ2) is 7.62. The van der Waals surface area contributed by atoms with Crippen LogP contribution in [0, 0.1) is 0 Å². The molecule has 0 fully saturated rings. The first kappa shape index (κ1) is 16.1. The Morgan fingerprint density at radius 2 is 2.21 bits per heavy atom. The molecule has 1 heterocycles. The van der Waals surface area contributed by atoms with Gasteiger partial charge in [0.05, 0.1) is 10.1 Å². The number of anilines is 2. The summed E-state index contributed by atoms with van der Waals surface area (Å²) >= 11 is 3.38. The molecule has 0 aliphatic heterocycles. The molecule has 19 heavy (non-hydrogen) atoms. The third-order valence-corrected chi connectivity index (χ3v) is 3.14. The van der Waals surface area contributed by atoms with Crippen molar-refractivity contribution in [3.8, 4) is 0 Å². The van der Waals surface area contributed by atoms with Gasteiger partial charge in [-0.05, 0) is 29.8 Å². The van der Waals surface area contributed by atoms with Crippen LogP contribution >= 0.6 is 15.9 Å². The molecule has 0 amide bonds. The summed E-state index contributed by atoms with van der Waals surface area (Å²) in [6.45, 7) is 5.40. The summed E-state index contributed by atoms with van der Waals surface area (Å²) in [7, 11) is 1.62. The normalized spacial score (nSPS) is 13.9. The second-order valence-corrected chi connectivity index (χ2v) is 5.37. The molecule has 0 aromatic carbocycles. The van der Waals surface area contributed by atoms with E-state index in [1.807, 2.05) is 6.92 Å². The number of methoxy groups -OCH3 is 1. The van der Waals surface area contributed by atoms with Crippen LogP contribution in [0.1, 0.15) is 20.3 Å². The van der Waals surface area contributed by atoms with Gasteiger partial charge in [-0.25, -0.2) is 4.98 Å². The molecule has 1 aromatic heterocycles. The highest BCUT2D eigenvalue weighted by Crippen LogP contribution is 2.21. The summed E-state index contributed by atoms with van der Waals surface area (Å²) in [6.07, 6.45) is 2.23. The lowest BCUT2D eigenvalue weighted by atomic mass is 10.0. The molecule has 0 aliphatic carbocycles. The molecule has 1 atom stereocenters. The topological polar surface area (TPSA) is 79.3 Å². The van der Waals surface area contributed by atoms with E-state index in [-0.39, 0.29) is 0 Å². The van der Waals surface area contributed by atoms with Crippen LogP contribution in [0.4, 0.5) is 11.8 Å². The molecule has 6 nitrogen and oxygen atoms in total. The summed E-state index contributed by atoms with van der Waals surface area (Å²) in [5, 5.41) is 16.3. The summed E-state index contributed by atoms with van der Waals surface area (Å²) in [6, 6.07) is 0. The van der Waals surface area contributed by atoms with Crippen molar-refractivity contribution in [1.82, 2.24) is 9.97 Å². The fourth-order valence-corrected chi connectivity index (χ4v) is 1.75. The van der Waals surface area contributed by atoms with Crippen LogP contribution in [0.5, 0.6) is 0 Å². The van der Waals surface area contributed by atoms with Crippen molar-refractivity contribution in [2.45, 2.75) is 25.9 Å². The lowest BCUT2D eigenvalue weighted by Crippen LogP contribution is -2.35. The Labute approximate surface area is 122 Å². The van der Waals surface area contributed by atoms with Gasteiger partial charge in [0.15, 0.2) is 0 Å². The predicted octanol–water partition coefficient (Wildman–Crippen LogP) is 1.87. The maximum atomic E-state index is 10.2. The molecule has 3 N–H and O–H groups in total. The van der Waals surface area contributed by atoms with E-state index in [9.17, 15) is 5.11 Å². The summed E-state index contributed by atoms with van der Waals surface area (Å²) in [5.74, 6) is 1.22. The van der Waals surface area contributed by atoms with E-state index in [0.29, 0.717) is 31.3 Å². The highest BCUT2D eigenvalue weighted by atomic mass is 79.9. The van der Waals surface area contributed by atoms with E-state index in [1.165, 1.54) is 0 Å². The van der Waals surface area contributed by atoms with Crippen molar-refractivity contribution < 1.29 is 9.84 Å². The molecule has 1 aromatic rings. The molecular formula is C12H21BrN4O2. The lowest BCUT2D eigenvalue weighted by molar-refractivity contribution is 0.0357. The summed E-state index contributed by atoms with van der Waals surface area (Å²) in [5.41, 5.74) is -0.848. The van der Waals surface area contributed by atoms with Crippen molar-refractivity contribution in [3.05, 3.63) is 10.7 Å². The van der Waals surface area contributed by atoms with E-state index < -0.39 is 5.60 Å². The summed E-state index contributed by atoms with van der Waals surface area (Å²) < 4.78 is 5.73. The predicted molar refractivity (Wildman–Crippen MR) is 79.5 cm³/mol. The average molecular weight is 333 g/mol. The van der Waals surface area contributed by atoms with Crippen LogP contribution in [0.2, 0.25) is 0 Å². The fourth-order valence-electron chi connectivity index (χ4n) is 1.42. The van der Waals surface area contributed by atoms with Gasteiger partial charge in [-0.3, -0.25) is 0 Å². The van der Waals surface area contributed by atoms with E-state index in [4.69, 9.17) is 4.74 Å². The van der Waals surface area contributed by atoms with Gasteiger partial charge < -0.3 is 20.5 Å². The van der Waals surface area contributed by atoms with Crippen LogP contribution in [-0.4, -0.2) is 47.5 Å². The molecule has 108 valence electrons. The first-order chi connectivity index (χ1) is 8.98. The second-order valence-electron chi connectivity index (χ2n) is 4.51. The zero-order valence-electron chi connectivity index (χ0n) is 11.5. The monoisotopic (exact) mass is 332 g/mol. The number of nitrogens with one attached hydrogen (secondary N) is 2. The van der Waals surface area contributed by atoms with Crippen molar-refractivity contribution >= 4 is 27.7 Å². The number of ether oxygens (including phenoxy) is 1. The van der Waals surface area contributed by atoms with Gasteiger partial charge in [0, 0.05) is 39.4 Å². The Balaban J connectivity index is 2.63. The Hall–Kier alpha value is -0.920. The number of aromatic nitrogens is 2. The number of rotatable bonds is 8. The zero-order valence-corrected chi connectivity index (χ0v) is 13.1. The SMILES string of the molecule is CCNc1ncc(Br)c(NCC(C)(O)CCOC)n1. The standard InChI is InChI=1S/C12H21BrN4O2/c1-4-14-11-15-7-9(13)10(17-11)16-8-12(2,18)5-6-19-3/h7,18H,4-6,8H2,1-3H3,(H2,14,15,16,17). The van der Waals surface area contributed by atoms with Crippen LogP contribution in [0.25, 0.3) is 0 Å². The quantitative estimate of drug-likeness (QED) is 0.674. The van der Waals surface area contributed by atoms with Crippen molar-refractivity contribution in [3.63, 3.8) is 0 Å². The molecule has 0 saturated heterocycles. The first-order valence-corrected chi connectivity index (χ1v) is 6.99. The highest BCUT2D eigenvalue weighted by Gasteiger charge is 2.20. The number of halogens is 1. The van der Waals surface area contributed by atoms with Crippen molar-refractivity contribution in [2.24, 2.45) is 0 Å². The summed E-state index contributed by atoms with van der Waals surface area (Å²) in [4.78, 5) is 8.45. The van der Waals surface area contributed by atoms with Gasteiger partial charge in [0.1, 0.15) is 5.82 Å². The zero-order chi connectivity index (χ0) is 14.3. The lowest BCUT2D eigenvalue weighted by Gasteiger charge is -2.23. The molecule has 1 rings (SSSR count). The van der Waals surface area contributed by atoms with Crippen molar-refractivity contribution in [2.75, 3.05) is 37.4 Å². The van der Waals surface area contributed by atoms with E-state index in [1.54, 1.807) is 20.2 Å². The van der Waals surface area contributed by atoms with Gasteiger partial charge in [-0.2, -0.15) is 4.98 Å². The molecule has 0 aliphatic rings. The molecule has 0 saturated carbocycles. The van der Waals surface area contributed by atoms with Gasteiger partial charge in [0.25, 0.3) is 0 Å². The van der Waals surface area contributed by atoms with Crippen molar-refractivity contribution in [1.29, 1.82) is 0 Å². The van der Waals surface area contributed by atoms with E-state index in [0.717, 1.165) is 11.0 Å². The largest absolute Gasteiger partial charge is 0.388 e. The Bertz CT molecular complexity index is 401. The average Bonchev–Trinajstić information content (AvgIpc) is 2.37. The molecule has 0 radical (unpaired) electrons. The van der Waals surface area contributed by atoms with Crippen LogP contribution in [0.3, 0.4) is 0 Å². The minimum Gasteiger partial charge on any atom is -0.388 e. The first-order valence-electron chi connectivity index (χ1n) is 6.20. The maximum absolute atomic E-state index is 10.2. The molecule has 0 bridgehead atoms. The third-order valence-electron chi connectivity index (χ3n) is 2.56. The number of aliphatic hydroxyl groups is 1. The Morgan fingerprint density at radius 3 is 2.84 bits per heavy atom. The Kier molecular flexibility index (Phi) is 6.47. The van der Waals surface area contributed by atoms with Crippen LogP contribution in [0.15, 0.2) is 10.7 Å². The number of nitrogens with zero attached hydrogens (tertiary/aromatic N) is 2. The van der Waals surface area contributed by atoms with Gasteiger partial charge >= 0.3 is 0 Å². The number of hydrogen-bond donors (Lipinski definition) is 3. The highest BCUT2D eigenvalue weighted by molar-refractivity contribution is 9.10. The minimum atomic E-state index is -0.848. The molecular weight excluding hydrogens is 312 g/mol. The van der Waals surface area contributed by atoms with E-state index >= 15 is 0 Å². The number of hydrogen-bond acceptors (Lipinski definition) is 6. The minimum absolute atomic E-state index is 0.386. The van der Waals surface area contributed by atoms with Crippen LogP contribution < -0.4 is 10.6 Å². The van der Waals surface area contributed by atoms with E-state index in [2.05, 4.69) is 36.5 Å². The smallest absolute Gasteiger partial charge is 0.224 e. The van der Waals surface area contributed by atoms with Gasteiger partial charge in [-0.15, -0.1) is 0 Å². The molecule has 0 spiro atoms. The maximum Gasteiger partial charge on any atom is 0.224 e.